The van der Waals surface area contributed by atoms with Gasteiger partial charge in [-0.3, -0.25) is 4.79 Å². The Kier molecular flexibility index (Phi) is 6.30. The molecule has 0 spiro atoms. The fraction of sp³-hybridized carbons (Fsp3) is 0.273. The zero-order valence-corrected chi connectivity index (χ0v) is 16.4. The smallest absolute Gasteiger partial charge is 0.223 e. The van der Waals surface area contributed by atoms with Gasteiger partial charge in [-0.1, -0.05) is 54.1 Å². The van der Waals surface area contributed by atoms with Crippen LogP contribution in [0.3, 0.4) is 0 Å². The van der Waals surface area contributed by atoms with Gasteiger partial charge in [0.2, 0.25) is 5.91 Å². The number of rotatable bonds is 7. The first-order valence-corrected chi connectivity index (χ1v) is 9.50. The van der Waals surface area contributed by atoms with Crippen LogP contribution < -0.4 is 0 Å². The molecule has 4 nitrogen and oxygen atoms in total. The van der Waals surface area contributed by atoms with Crippen LogP contribution in [0.2, 0.25) is 5.02 Å². The lowest BCUT2D eigenvalue weighted by atomic mass is 9.88. The summed E-state index contributed by atoms with van der Waals surface area (Å²) in [4.78, 5) is 19.1. The van der Waals surface area contributed by atoms with E-state index in [4.69, 9.17) is 11.6 Å². The molecule has 1 aromatic heterocycles. The van der Waals surface area contributed by atoms with Crippen LogP contribution in [0.25, 0.3) is 0 Å². The van der Waals surface area contributed by atoms with Crippen molar-refractivity contribution < 1.29 is 4.79 Å². The molecule has 1 heterocycles. The summed E-state index contributed by atoms with van der Waals surface area (Å²) in [6.45, 7) is 3.40. The molecule has 2 aromatic carbocycles. The Hall–Kier alpha value is -2.59. The first-order valence-electron chi connectivity index (χ1n) is 9.13. The zero-order valence-electron chi connectivity index (χ0n) is 15.7. The number of halogens is 1. The summed E-state index contributed by atoms with van der Waals surface area (Å²) in [5.41, 5.74) is 2.15. The number of hydrogen-bond donors (Lipinski definition) is 0. The zero-order chi connectivity index (χ0) is 19.2. The Bertz CT molecular complexity index is 891. The molecule has 5 heteroatoms. The van der Waals surface area contributed by atoms with Gasteiger partial charge in [-0.05, 0) is 30.2 Å². The lowest BCUT2D eigenvalue weighted by molar-refractivity contribution is -0.130. The number of nitrogens with zero attached hydrogens (tertiary/aromatic N) is 3. The maximum Gasteiger partial charge on any atom is 0.223 e. The van der Waals surface area contributed by atoms with E-state index in [-0.39, 0.29) is 11.8 Å². The van der Waals surface area contributed by atoms with E-state index in [0.29, 0.717) is 18.0 Å². The third-order valence-electron chi connectivity index (χ3n) is 4.78. The van der Waals surface area contributed by atoms with Crippen LogP contribution in [0.15, 0.2) is 67.0 Å². The van der Waals surface area contributed by atoms with Crippen LogP contribution in [0.4, 0.5) is 0 Å². The Morgan fingerprint density at radius 3 is 2.59 bits per heavy atom. The van der Waals surface area contributed by atoms with Crippen LogP contribution in [0.1, 0.15) is 36.2 Å². The molecule has 0 bridgehead atoms. The number of imidazole rings is 1. The van der Waals surface area contributed by atoms with E-state index in [1.165, 1.54) is 0 Å². The second-order valence-corrected chi connectivity index (χ2v) is 7.04. The molecule has 0 aliphatic carbocycles. The molecule has 0 aliphatic rings. The first kappa shape index (κ1) is 19.2. The van der Waals surface area contributed by atoms with Crippen molar-refractivity contribution in [3.8, 4) is 0 Å². The van der Waals surface area contributed by atoms with Crippen molar-refractivity contribution in [2.24, 2.45) is 0 Å². The maximum absolute atomic E-state index is 13.0. The maximum atomic E-state index is 13.0. The van der Waals surface area contributed by atoms with Crippen molar-refractivity contribution in [1.82, 2.24) is 14.5 Å². The van der Waals surface area contributed by atoms with Crippen LogP contribution in [0, 0.1) is 0 Å². The normalized spacial score (nSPS) is 12.0. The van der Waals surface area contributed by atoms with Gasteiger partial charge in [-0.15, -0.1) is 0 Å². The van der Waals surface area contributed by atoms with Gasteiger partial charge < -0.3 is 9.47 Å². The largest absolute Gasteiger partial charge is 0.338 e. The van der Waals surface area contributed by atoms with E-state index in [0.717, 1.165) is 23.5 Å². The number of amides is 1. The third kappa shape index (κ3) is 4.77. The molecule has 0 aliphatic heterocycles. The molecule has 0 saturated heterocycles. The van der Waals surface area contributed by atoms with E-state index in [2.05, 4.69) is 28.6 Å². The van der Waals surface area contributed by atoms with Crippen molar-refractivity contribution in [2.45, 2.75) is 32.4 Å². The summed E-state index contributed by atoms with van der Waals surface area (Å²) >= 11 is 6.20. The number of benzene rings is 2. The molecule has 3 rings (SSSR count). The third-order valence-corrected chi connectivity index (χ3v) is 5.01. The average molecular weight is 382 g/mol. The first-order chi connectivity index (χ1) is 13.1. The van der Waals surface area contributed by atoms with Crippen LogP contribution in [-0.2, 0) is 17.9 Å². The molecular weight excluding hydrogens is 358 g/mol. The average Bonchev–Trinajstić information content (AvgIpc) is 3.13. The second kappa shape index (κ2) is 8.87. The highest BCUT2D eigenvalue weighted by Crippen LogP contribution is 2.30. The summed E-state index contributed by atoms with van der Waals surface area (Å²) in [5.74, 6) is 0.938. The molecular formula is C22H24ClN3O. The van der Waals surface area contributed by atoms with Gasteiger partial charge in [-0.25, -0.2) is 4.98 Å². The van der Waals surface area contributed by atoms with Gasteiger partial charge in [0, 0.05) is 43.3 Å². The van der Waals surface area contributed by atoms with Gasteiger partial charge in [0.05, 0.1) is 6.54 Å². The summed E-state index contributed by atoms with van der Waals surface area (Å²) in [6.07, 6.45) is 4.09. The van der Waals surface area contributed by atoms with Crippen molar-refractivity contribution >= 4 is 17.5 Å². The van der Waals surface area contributed by atoms with Crippen LogP contribution in [0.5, 0.6) is 0 Å². The Morgan fingerprint density at radius 2 is 1.89 bits per heavy atom. The fourth-order valence-corrected chi connectivity index (χ4v) is 3.45. The minimum Gasteiger partial charge on any atom is -0.338 e. The number of aromatic nitrogens is 2. The number of aryl methyl sites for hydroxylation is 1. The molecule has 0 unspecified atom stereocenters. The SMILES string of the molecule is CCn1ccnc1CN(C)C(=O)C[C@H](c1ccccc1)c1cccc(Cl)c1. The second-order valence-electron chi connectivity index (χ2n) is 6.60. The molecule has 0 N–H and O–H groups in total. The van der Waals surface area contributed by atoms with Gasteiger partial charge in [0.1, 0.15) is 5.82 Å². The van der Waals surface area contributed by atoms with Crippen molar-refractivity contribution in [1.29, 1.82) is 0 Å². The number of carbonyl (C=O) groups is 1. The molecule has 140 valence electrons. The van der Waals surface area contributed by atoms with Crippen molar-refractivity contribution in [2.75, 3.05) is 7.05 Å². The van der Waals surface area contributed by atoms with E-state index in [1.54, 1.807) is 11.1 Å². The number of carbonyl (C=O) groups excluding carboxylic acids is 1. The fourth-order valence-electron chi connectivity index (χ4n) is 3.25. The molecule has 0 fully saturated rings. The quantitative estimate of drug-likeness (QED) is 0.593. The summed E-state index contributed by atoms with van der Waals surface area (Å²) in [7, 11) is 1.83. The molecule has 3 aromatic rings. The predicted molar refractivity (Wildman–Crippen MR) is 109 cm³/mol. The minimum absolute atomic E-state index is 0.0363. The van der Waals surface area contributed by atoms with Crippen LogP contribution >= 0.6 is 11.6 Å². The highest BCUT2D eigenvalue weighted by atomic mass is 35.5. The van der Waals surface area contributed by atoms with E-state index >= 15 is 0 Å². The highest BCUT2D eigenvalue weighted by molar-refractivity contribution is 6.30. The standard InChI is InChI=1S/C22H24ClN3O/c1-3-26-13-12-24-21(26)16-25(2)22(27)15-20(17-8-5-4-6-9-17)18-10-7-11-19(23)14-18/h4-14,20H,3,15-16H2,1-2H3/t20-/m1/s1. The lowest BCUT2D eigenvalue weighted by Crippen LogP contribution is -2.29. The minimum atomic E-state index is -0.0363. The van der Waals surface area contributed by atoms with Gasteiger partial charge in [0.25, 0.3) is 0 Å². The summed E-state index contributed by atoms with van der Waals surface area (Å²) < 4.78 is 2.05. The molecule has 0 radical (unpaired) electrons. The van der Waals surface area contributed by atoms with Gasteiger partial charge in [-0.2, -0.15) is 0 Å². The molecule has 1 amide bonds. The van der Waals surface area contributed by atoms with E-state index in [1.807, 2.05) is 55.7 Å². The predicted octanol–water partition coefficient (Wildman–Crippen LogP) is 4.74. The Morgan fingerprint density at radius 1 is 1.15 bits per heavy atom. The van der Waals surface area contributed by atoms with E-state index in [9.17, 15) is 4.79 Å². The van der Waals surface area contributed by atoms with Gasteiger partial charge in [0.15, 0.2) is 0 Å². The van der Waals surface area contributed by atoms with Gasteiger partial charge >= 0.3 is 0 Å². The highest BCUT2D eigenvalue weighted by Gasteiger charge is 2.21. The lowest BCUT2D eigenvalue weighted by Gasteiger charge is -2.23. The Balaban J connectivity index is 1.80. The van der Waals surface area contributed by atoms with Crippen LogP contribution in [-0.4, -0.2) is 27.4 Å². The van der Waals surface area contributed by atoms with Crippen molar-refractivity contribution in [3.05, 3.63) is 89.0 Å². The summed E-state index contributed by atoms with van der Waals surface area (Å²) in [5, 5.41) is 0.680. The Labute approximate surface area is 165 Å². The topological polar surface area (TPSA) is 38.1 Å². The molecule has 1 atom stereocenters. The molecule has 27 heavy (non-hydrogen) atoms. The number of hydrogen-bond acceptors (Lipinski definition) is 2. The van der Waals surface area contributed by atoms with E-state index < -0.39 is 0 Å². The monoisotopic (exact) mass is 381 g/mol. The molecule has 0 saturated carbocycles. The van der Waals surface area contributed by atoms with Crippen molar-refractivity contribution in [3.63, 3.8) is 0 Å². The summed E-state index contributed by atoms with van der Waals surface area (Å²) in [6, 6.07) is 17.9.